The van der Waals surface area contributed by atoms with Gasteiger partial charge in [0.05, 0.1) is 24.1 Å². The fraction of sp³-hybridized carbons (Fsp3) is 0.286. The molecule has 0 saturated heterocycles. The number of hydrogen-bond acceptors (Lipinski definition) is 5. The SMILES string of the molecule is CCC(C(=O)OC)n1ccnc1N(c1ccc(Cl)cc1)S(=O)[O-]. The van der Waals surface area contributed by atoms with Gasteiger partial charge in [0.15, 0.2) is 0 Å². The van der Waals surface area contributed by atoms with E-state index in [1.54, 1.807) is 31.2 Å². The Morgan fingerprint density at radius 3 is 2.65 bits per heavy atom. The number of carbonyl (C=O) groups is 1. The second kappa shape index (κ2) is 7.58. The molecule has 1 aromatic heterocycles. The van der Waals surface area contributed by atoms with Crippen molar-refractivity contribution >= 4 is 40.5 Å². The maximum atomic E-state index is 11.9. The minimum atomic E-state index is -2.63. The Kier molecular flexibility index (Phi) is 5.75. The van der Waals surface area contributed by atoms with E-state index in [0.29, 0.717) is 17.1 Å². The zero-order valence-electron chi connectivity index (χ0n) is 12.5. The number of benzene rings is 1. The van der Waals surface area contributed by atoms with Crippen molar-refractivity contribution < 1.29 is 18.3 Å². The van der Waals surface area contributed by atoms with Gasteiger partial charge in [-0.1, -0.05) is 18.5 Å². The van der Waals surface area contributed by atoms with Crippen LogP contribution in [0, 0.1) is 0 Å². The average Bonchev–Trinajstić information content (AvgIpc) is 2.98. The number of esters is 1. The minimum absolute atomic E-state index is 0.0953. The molecule has 124 valence electrons. The first-order valence-electron chi connectivity index (χ1n) is 6.75. The molecule has 2 atom stereocenters. The van der Waals surface area contributed by atoms with Gasteiger partial charge in [-0.2, -0.15) is 0 Å². The van der Waals surface area contributed by atoms with Gasteiger partial charge in [0.2, 0.25) is 5.95 Å². The number of imidazole rings is 1. The Hall–Kier alpha value is -1.90. The predicted molar refractivity (Wildman–Crippen MR) is 86.1 cm³/mol. The van der Waals surface area contributed by atoms with Gasteiger partial charge in [0, 0.05) is 17.4 Å². The monoisotopic (exact) mass is 356 g/mol. The van der Waals surface area contributed by atoms with E-state index in [1.807, 2.05) is 0 Å². The Morgan fingerprint density at radius 1 is 1.48 bits per heavy atom. The van der Waals surface area contributed by atoms with E-state index in [9.17, 15) is 13.6 Å². The molecule has 0 saturated carbocycles. The van der Waals surface area contributed by atoms with Crippen molar-refractivity contribution in [1.29, 1.82) is 0 Å². The molecule has 0 aliphatic rings. The molecule has 0 aliphatic carbocycles. The Balaban J connectivity index is 2.50. The molecular formula is C14H15ClN3O4S-. The second-order valence-corrected chi connectivity index (χ2v) is 5.81. The topological polar surface area (TPSA) is 87.5 Å². The van der Waals surface area contributed by atoms with Crippen molar-refractivity contribution in [1.82, 2.24) is 9.55 Å². The van der Waals surface area contributed by atoms with Gasteiger partial charge in [-0.05, 0) is 30.7 Å². The normalized spacial score (nSPS) is 13.4. The summed E-state index contributed by atoms with van der Waals surface area (Å²) < 4.78 is 30.6. The van der Waals surface area contributed by atoms with E-state index in [-0.39, 0.29) is 5.95 Å². The van der Waals surface area contributed by atoms with Crippen molar-refractivity contribution in [3.63, 3.8) is 0 Å². The molecule has 1 heterocycles. The Labute approximate surface area is 141 Å². The number of aromatic nitrogens is 2. The average molecular weight is 357 g/mol. The number of halogens is 1. The van der Waals surface area contributed by atoms with Crippen LogP contribution in [0.1, 0.15) is 19.4 Å². The molecular weight excluding hydrogens is 342 g/mol. The van der Waals surface area contributed by atoms with Crippen LogP contribution in [-0.2, 0) is 20.8 Å². The van der Waals surface area contributed by atoms with Crippen LogP contribution in [0.5, 0.6) is 0 Å². The standard InChI is InChI=1S/C14H16ClN3O4S/c1-3-12(13(19)22-2)17-9-8-16-14(17)18(23(20)21)11-6-4-10(15)5-7-11/h4-9,12H,3H2,1-2H3,(H,20,21)/p-1. The Morgan fingerprint density at radius 2 is 2.13 bits per heavy atom. The molecule has 23 heavy (non-hydrogen) atoms. The molecule has 0 fully saturated rings. The summed E-state index contributed by atoms with van der Waals surface area (Å²) in [6.07, 6.45) is 3.39. The first-order chi connectivity index (χ1) is 11.0. The molecule has 1 aromatic carbocycles. The van der Waals surface area contributed by atoms with Crippen LogP contribution in [0.4, 0.5) is 11.6 Å². The summed E-state index contributed by atoms with van der Waals surface area (Å²) in [5.41, 5.74) is 0.356. The van der Waals surface area contributed by atoms with Gasteiger partial charge in [-0.15, -0.1) is 0 Å². The maximum absolute atomic E-state index is 11.9. The van der Waals surface area contributed by atoms with E-state index in [0.717, 1.165) is 4.31 Å². The van der Waals surface area contributed by atoms with E-state index < -0.39 is 23.3 Å². The fourth-order valence-electron chi connectivity index (χ4n) is 2.16. The highest BCUT2D eigenvalue weighted by atomic mass is 35.5. The van der Waals surface area contributed by atoms with Crippen LogP contribution in [-0.4, -0.2) is 31.4 Å². The molecule has 0 amide bonds. The first-order valence-corrected chi connectivity index (χ1v) is 8.16. The number of carbonyl (C=O) groups excluding carboxylic acids is 1. The molecule has 0 N–H and O–H groups in total. The third-order valence-electron chi connectivity index (χ3n) is 3.24. The van der Waals surface area contributed by atoms with Crippen molar-refractivity contribution in [2.45, 2.75) is 19.4 Å². The largest absolute Gasteiger partial charge is 0.755 e. The van der Waals surface area contributed by atoms with Crippen molar-refractivity contribution in [3.8, 4) is 0 Å². The van der Waals surface area contributed by atoms with E-state index >= 15 is 0 Å². The summed E-state index contributed by atoms with van der Waals surface area (Å²) in [5, 5.41) is 0.481. The number of methoxy groups -OCH3 is 1. The lowest BCUT2D eigenvalue weighted by molar-refractivity contribution is -0.144. The zero-order chi connectivity index (χ0) is 17.0. The molecule has 2 rings (SSSR count). The molecule has 0 radical (unpaired) electrons. The van der Waals surface area contributed by atoms with Crippen LogP contribution >= 0.6 is 11.6 Å². The predicted octanol–water partition coefficient (Wildman–Crippen LogP) is 2.59. The summed E-state index contributed by atoms with van der Waals surface area (Å²) in [7, 11) is 1.28. The van der Waals surface area contributed by atoms with Crippen molar-refractivity contribution in [2.75, 3.05) is 11.4 Å². The lowest BCUT2D eigenvalue weighted by Gasteiger charge is -2.27. The molecule has 7 nitrogen and oxygen atoms in total. The third kappa shape index (κ3) is 3.72. The van der Waals surface area contributed by atoms with E-state index in [4.69, 9.17) is 16.3 Å². The lowest BCUT2D eigenvalue weighted by Crippen LogP contribution is -2.27. The Bertz CT molecular complexity index is 704. The van der Waals surface area contributed by atoms with Gasteiger partial charge in [0.1, 0.15) is 6.04 Å². The highest BCUT2D eigenvalue weighted by Crippen LogP contribution is 2.29. The summed E-state index contributed by atoms with van der Waals surface area (Å²) in [5.74, 6) is -0.377. The highest BCUT2D eigenvalue weighted by molar-refractivity contribution is 7.81. The fourth-order valence-corrected chi connectivity index (χ4v) is 2.86. The summed E-state index contributed by atoms with van der Waals surface area (Å²) >= 11 is 3.20. The number of hydrogen-bond donors (Lipinski definition) is 0. The van der Waals surface area contributed by atoms with Crippen LogP contribution in [0.15, 0.2) is 36.7 Å². The summed E-state index contributed by atoms with van der Waals surface area (Å²) in [4.78, 5) is 16.0. The van der Waals surface area contributed by atoms with Gasteiger partial charge < -0.3 is 13.9 Å². The molecule has 0 bridgehead atoms. The maximum Gasteiger partial charge on any atom is 0.328 e. The highest BCUT2D eigenvalue weighted by Gasteiger charge is 2.25. The second-order valence-electron chi connectivity index (χ2n) is 4.57. The molecule has 0 aliphatic heterocycles. The van der Waals surface area contributed by atoms with Gasteiger partial charge in [0.25, 0.3) is 0 Å². The number of rotatable bonds is 6. The van der Waals surface area contributed by atoms with Gasteiger partial charge >= 0.3 is 5.97 Å². The molecule has 2 unspecified atom stereocenters. The lowest BCUT2D eigenvalue weighted by atomic mass is 10.2. The van der Waals surface area contributed by atoms with Crippen LogP contribution < -0.4 is 4.31 Å². The number of nitrogens with zero attached hydrogens (tertiary/aromatic N) is 3. The number of ether oxygens (including phenoxy) is 1. The molecule has 0 spiro atoms. The molecule has 2 aromatic rings. The third-order valence-corrected chi connectivity index (χ3v) is 4.16. The quantitative estimate of drug-likeness (QED) is 0.586. The summed E-state index contributed by atoms with van der Waals surface area (Å²) in [6.45, 7) is 1.80. The van der Waals surface area contributed by atoms with Crippen molar-refractivity contribution in [2.24, 2.45) is 0 Å². The first kappa shape index (κ1) is 17.5. The van der Waals surface area contributed by atoms with Gasteiger partial charge in [-0.3, -0.25) is 4.21 Å². The smallest absolute Gasteiger partial charge is 0.328 e. The minimum Gasteiger partial charge on any atom is -0.755 e. The molecule has 9 heteroatoms. The van der Waals surface area contributed by atoms with E-state index in [2.05, 4.69) is 4.98 Å². The summed E-state index contributed by atoms with van der Waals surface area (Å²) in [6, 6.07) is 5.58. The van der Waals surface area contributed by atoms with Gasteiger partial charge in [-0.25, -0.2) is 14.1 Å². The van der Waals surface area contributed by atoms with Crippen LogP contribution in [0.2, 0.25) is 5.02 Å². The van der Waals surface area contributed by atoms with Crippen LogP contribution in [0.25, 0.3) is 0 Å². The van der Waals surface area contributed by atoms with Crippen LogP contribution in [0.3, 0.4) is 0 Å². The van der Waals surface area contributed by atoms with E-state index in [1.165, 1.54) is 24.1 Å². The zero-order valence-corrected chi connectivity index (χ0v) is 14.1. The van der Waals surface area contributed by atoms with Crippen molar-refractivity contribution in [3.05, 3.63) is 41.7 Å². The number of anilines is 2.